The monoisotopic (exact) mass is 231 g/mol. The van der Waals surface area contributed by atoms with E-state index in [-0.39, 0.29) is 0 Å². The van der Waals surface area contributed by atoms with Gasteiger partial charge in [-0.05, 0) is 31.7 Å². The van der Waals surface area contributed by atoms with E-state index in [1.165, 1.54) is 50.4 Å². The SMILES string of the molecule is CC[C@@H](CCO)CCCN1CCSCC1. The minimum atomic E-state index is 0.360. The summed E-state index contributed by atoms with van der Waals surface area (Å²) in [6, 6.07) is 0. The number of aliphatic hydroxyl groups excluding tert-OH is 1. The van der Waals surface area contributed by atoms with E-state index in [9.17, 15) is 0 Å². The second kappa shape index (κ2) is 8.43. The quantitative estimate of drug-likeness (QED) is 0.727. The molecule has 0 radical (unpaired) electrons. The van der Waals surface area contributed by atoms with Gasteiger partial charge >= 0.3 is 0 Å². The van der Waals surface area contributed by atoms with E-state index in [0.717, 1.165) is 12.3 Å². The Kier molecular flexibility index (Phi) is 7.49. The lowest BCUT2D eigenvalue weighted by molar-refractivity contribution is 0.236. The van der Waals surface area contributed by atoms with Gasteiger partial charge in [0, 0.05) is 31.2 Å². The van der Waals surface area contributed by atoms with E-state index in [0.29, 0.717) is 6.61 Å². The van der Waals surface area contributed by atoms with E-state index in [1.807, 2.05) is 0 Å². The molecule has 1 fully saturated rings. The van der Waals surface area contributed by atoms with Gasteiger partial charge in [-0.15, -0.1) is 0 Å². The third kappa shape index (κ3) is 5.79. The highest BCUT2D eigenvalue weighted by Gasteiger charge is 2.11. The second-order valence-electron chi connectivity index (χ2n) is 4.38. The summed E-state index contributed by atoms with van der Waals surface area (Å²) in [5.41, 5.74) is 0. The lowest BCUT2D eigenvalue weighted by atomic mass is 9.97. The third-order valence-electron chi connectivity index (χ3n) is 3.31. The molecule has 1 aliphatic heterocycles. The Bertz CT molecular complexity index is 144. The summed E-state index contributed by atoms with van der Waals surface area (Å²) >= 11 is 2.08. The van der Waals surface area contributed by atoms with Crippen molar-refractivity contribution in [1.82, 2.24) is 4.90 Å². The van der Waals surface area contributed by atoms with Crippen LogP contribution >= 0.6 is 11.8 Å². The van der Waals surface area contributed by atoms with Gasteiger partial charge in [-0.2, -0.15) is 11.8 Å². The number of hydrogen-bond acceptors (Lipinski definition) is 3. The summed E-state index contributed by atoms with van der Waals surface area (Å²) in [6.07, 6.45) is 4.81. The maximum absolute atomic E-state index is 8.90. The summed E-state index contributed by atoms with van der Waals surface area (Å²) in [7, 11) is 0. The van der Waals surface area contributed by atoms with Crippen LogP contribution in [0.2, 0.25) is 0 Å². The van der Waals surface area contributed by atoms with E-state index < -0.39 is 0 Å². The maximum atomic E-state index is 8.90. The van der Waals surface area contributed by atoms with E-state index in [4.69, 9.17) is 5.11 Å². The van der Waals surface area contributed by atoms with E-state index >= 15 is 0 Å². The molecule has 0 aromatic rings. The number of nitrogens with zero attached hydrogens (tertiary/aromatic N) is 1. The van der Waals surface area contributed by atoms with Crippen molar-refractivity contribution in [3.63, 3.8) is 0 Å². The molecule has 0 saturated carbocycles. The van der Waals surface area contributed by atoms with Crippen LogP contribution in [0, 0.1) is 5.92 Å². The molecule has 0 unspecified atom stereocenters. The molecule has 0 aliphatic carbocycles. The maximum Gasteiger partial charge on any atom is 0.0433 e. The van der Waals surface area contributed by atoms with Crippen molar-refractivity contribution in [2.24, 2.45) is 5.92 Å². The largest absolute Gasteiger partial charge is 0.396 e. The Morgan fingerprint density at radius 3 is 2.60 bits per heavy atom. The first-order chi connectivity index (χ1) is 7.36. The molecule has 1 heterocycles. The molecule has 1 saturated heterocycles. The van der Waals surface area contributed by atoms with Crippen LogP contribution in [0.25, 0.3) is 0 Å². The van der Waals surface area contributed by atoms with Gasteiger partial charge in [0.25, 0.3) is 0 Å². The van der Waals surface area contributed by atoms with Crippen LogP contribution in [0.1, 0.15) is 32.6 Å². The van der Waals surface area contributed by atoms with Crippen molar-refractivity contribution in [2.75, 3.05) is 37.7 Å². The first-order valence-corrected chi connectivity index (χ1v) is 7.43. The van der Waals surface area contributed by atoms with Crippen LogP contribution in [0.15, 0.2) is 0 Å². The standard InChI is InChI=1S/C12H25NOS/c1-2-12(5-9-14)4-3-6-13-7-10-15-11-8-13/h12,14H,2-11H2,1H3/t12-/m1/s1. The molecular weight excluding hydrogens is 206 g/mol. The number of rotatable bonds is 7. The molecule has 1 atom stereocenters. The fraction of sp³-hybridized carbons (Fsp3) is 1.00. The lowest BCUT2D eigenvalue weighted by Gasteiger charge is -2.26. The van der Waals surface area contributed by atoms with Crippen molar-refractivity contribution in [1.29, 1.82) is 0 Å². The molecule has 1 N–H and O–H groups in total. The zero-order chi connectivity index (χ0) is 10.9. The van der Waals surface area contributed by atoms with Crippen molar-refractivity contribution < 1.29 is 5.11 Å². The number of thioether (sulfide) groups is 1. The van der Waals surface area contributed by atoms with Crippen molar-refractivity contribution in [2.45, 2.75) is 32.6 Å². The predicted octanol–water partition coefficient (Wildman–Crippen LogP) is 2.22. The van der Waals surface area contributed by atoms with Gasteiger partial charge in [-0.3, -0.25) is 0 Å². The highest BCUT2D eigenvalue weighted by Crippen LogP contribution is 2.16. The van der Waals surface area contributed by atoms with Crippen LogP contribution in [0.5, 0.6) is 0 Å². The Balaban J connectivity index is 2.03. The van der Waals surface area contributed by atoms with E-state index in [2.05, 4.69) is 23.6 Å². The minimum Gasteiger partial charge on any atom is -0.396 e. The van der Waals surface area contributed by atoms with Gasteiger partial charge < -0.3 is 10.0 Å². The van der Waals surface area contributed by atoms with Gasteiger partial charge in [-0.1, -0.05) is 13.3 Å². The van der Waals surface area contributed by atoms with Gasteiger partial charge in [0.1, 0.15) is 0 Å². The molecule has 0 spiro atoms. The molecule has 0 amide bonds. The lowest BCUT2D eigenvalue weighted by Crippen LogP contribution is -2.33. The smallest absolute Gasteiger partial charge is 0.0433 e. The number of hydrogen-bond donors (Lipinski definition) is 1. The predicted molar refractivity (Wildman–Crippen MR) is 68.5 cm³/mol. The fourth-order valence-corrected chi connectivity index (χ4v) is 3.14. The Hall–Kier alpha value is 0.270. The molecule has 1 rings (SSSR count). The average molecular weight is 231 g/mol. The van der Waals surface area contributed by atoms with E-state index in [1.54, 1.807) is 0 Å². The molecular formula is C12H25NOS. The highest BCUT2D eigenvalue weighted by atomic mass is 32.2. The summed E-state index contributed by atoms with van der Waals surface area (Å²) in [5, 5.41) is 8.90. The summed E-state index contributed by atoms with van der Waals surface area (Å²) in [6.45, 7) is 6.42. The summed E-state index contributed by atoms with van der Waals surface area (Å²) in [5.74, 6) is 3.37. The zero-order valence-electron chi connectivity index (χ0n) is 9.95. The Morgan fingerprint density at radius 2 is 2.00 bits per heavy atom. The highest BCUT2D eigenvalue weighted by molar-refractivity contribution is 7.99. The van der Waals surface area contributed by atoms with Crippen LogP contribution < -0.4 is 0 Å². The average Bonchev–Trinajstić information content (AvgIpc) is 2.29. The zero-order valence-corrected chi connectivity index (χ0v) is 10.8. The Labute approximate surface area is 98.4 Å². The normalized spacial score (nSPS) is 20.4. The fourth-order valence-electron chi connectivity index (χ4n) is 2.16. The van der Waals surface area contributed by atoms with Crippen LogP contribution in [-0.4, -0.2) is 47.8 Å². The summed E-state index contributed by atoms with van der Waals surface area (Å²) in [4.78, 5) is 2.59. The molecule has 0 bridgehead atoms. The first-order valence-electron chi connectivity index (χ1n) is 6.27. The molecule has 0 aromatic heterocycles. The Morgan fingerprint density at radius 1 is 1.27 bits per heavy atom. The minimum absolute atomic E-state index is 0.360. The van der Waals surface area contributed by atoms with Crippen LogP contribution in [-0.2, 0) is 0 Å². The van der Waals surface area contributed by atoms with Crippen LogP contribution in [0.4, 0.5) is 0 Å². The van der Waals surface area contributed by atoms with Gasteiger partial charge in [0.2, 0.25) is 0 Å². The first kappa shape index (κ1) is 13.3. The molecule has 1 aliphatic rings. The van der Waals surface area contributed by atoms with Gasteiger partial charge in [0.05, 0.1) is 0 Å². The summed E-state index contributed by atoms with van der Waals surface area (Å²) < 4.78 is 0. The van der Waals surface area contributed by atoms with Crippen molar-refractivity contribution in [3.05, 3.63) is 0 Å². The number of aliphatic hydroxyl groups is 1. The van der Waals surface area contributed by atoms with Gasteiger partial charge in [0.15, 0.2) is 0 Å². The second-order valence-corrected chi connectivity index (χ2v) is 5.61. The molecule has 0 aromatic carbocycles. The van der Waals surface area contributed by atoms with Gasteiger partial charge in [-0.25, -0.2) is 0 Å². The molecule has 2 nitrogen and oxygen atoms in total. The molecule has 3 heteroatoms. The van der Waals surface area contributed by atoms with Crippen LogP contribution in [0.3, 0.4) is 0 Å². The third-order valence-corrected chi connectivity index (χ3v) is 4.25. The topological polar surface area (TPSA) is 23.5 Å². The molecule has 90 valence electrons. The van der Waals surface area contributed by atoms with Crippen molar-refractivity contribution >= 4 is 11.8 Å². The van der Waals surface area contributed by atoms with Crippen molar-refractivity contribution in [3.8, 4) is 0 Å². The molecule has 15 heavy (non-hydrogen) atoms.